The number of hydrogen-bond donors (Lipinski definition) is 2. The molecule has 2 aliphatic rings. The van der Waals surface area contributed by atoms with Gasteiger partial charge in [-0.05, 0) is 44.1 Å². The number of nitrogens with one attached hydrogen (secondary N) is 1. The number of hydrogen-bond acceptors (Lipinski definition) is 3. The van der Waals surface area contributed by atoms with Crippen molar-refractivity contribution >= 4 is 0 Å². The first kappa shape index (κ1) is 10.4. The van der Waals surface area contributed by atoms with Crippen molar-refractivity contribution in [2.45, 2.75) is 31.7 Å². The molecule has 3 nitrogen and oxygen atoms in total. The maximum atomic E-state index is 9.31. The van der Waals surface area contributed by atoms with E-state index >= 15 is 0 Å². The summed E-state index contributed by atoms with van der Waals surface area (Å²) in [4.78, 5) is 0. The minimum atomic E-state index is 0.275. The Morgan fingerprint density at radius 3 is 2.50 bits per heavy atom. The maximum absolute atomic E-state index is 9.31. The van der Waals surface area contributed by atoms with Crippen molar-refractivity contribution in [2.75, 3.05) is 26.4 Å². The Kier molecular flexibility index (Phi) is 3.79. The lowest BCUT2D eigenvalue weighted by Crippen LogP contribution is -2.42. The molecule has 1 saturated carbocycles. The van der Waals surface area contributed by atoms with Crippen LogP contribution >= 0.6 is 0 Å². The molecule has 1 heterocycles. The Labute approximate surface area is 85.8 Å². The highest BCUT2D eigenvalue weighted by Crippen LogP contribution is 2.28. The molecule has 1 atom stereocenters. The van der Waals surface area contributed by atoms with Crippen LogP contribution in [0.2, 0.25) is 0 Å². The Morgan fingerprint density at radius 2 is 1.93 bits per heavy atom. The van der Waals surface area contributed by atoms with Crippen molar-refractivity contribution in [3.8, 4) is 0 Å². The zero-order valence-corrected chi connectivity index (χ0v) is 8.74. The molecule has 1 aliphatic carbocycles. The Morgan fingerprint density at radius 1 is 1.21 bits per heavy atom. The molecule has 3 heteroatoms. The molecule has 0 spiro atoms. The molecule has 0 aromatic carbocycles. The molecule has 0 radical (unpaired) electrons. The van der Waals surface area contributed by atoms with Gasteiger partial charge in [-0.3, -0.25) is 0 Å². The minimum absolute atomic E-state index is 0.275. The normalized spacial score (nSPS) is 26.4. The summed E-state index contributed by atoms with van der Waals surface area (Å²) in [5.41, 5.74) is 0. The monoisotopic (exact) mass is 199 g/mol. The molecule has 82 valence electrons. The van der Waals surface area contributed by atoms with Gasteiger partial charge >= 0.3 is 0 Å². The number of aliphatic hydroxyl groups is 1. The standard InChI is InChI=1S/C11H21NO2/c13-8-11(12-7-9-1-2-9)10-3-5-14-6-4-10/h9-13H,1-8H2. The molecular weight excluding hydrogens is 178 g/mol. The lowest BCUT2D eigenvalue weighted by atomic mass is 9.92. The van der Waals surface area contributed by atoms with Crippen LogP contribution < -0.4 is 5.32 Å². The van der Waals surface area contributed by atoms with Crippen molar-refractivity contribution in [3.05, 3.63) is 0 Å². The highest BCUT2D eigenvalue weighted by atomic mass is 16.5. The van der Waals surface area contributed by atoms with E-state index in [1.807, 2.05) is 0 Å². The zero-order valence-electron chi connectivity index (χ0n) is 8.74. The summed E-state index contributed by atoms with van der Waals surface area (Å²) in [6, 6.07) is 0.305. The molecule has 14 heavy (non-hydrogen) atoms. The minimum Gasteiger partial charge on any atom is -0.395 e. The summed E-state index contributed by atoms with van der Waals surface area (Å²) in [6.07, 6.45) is 4.95. The second-order valence-electron chi connectivity index (χ2n) is 4.59. The molecule has 0 aromatic rings. The van der Waals surface area contributed by atoms with Crippen molar-refractivity contribution in [2.24, 2.45) is 11.8 Å². The lowest BCUT2D eigenvalue weighted by Gasteiger charge is -2.29. The van der Waals surface area contributed by atoms with Gasteiger partial charge in [-0.2, -0.15) is 0 Å². The summed E-state index contributed by atoms with van der Waals surface area (Å²) >= 11 is 0. The van der Waals surface area contributed by atoms with Gasteiger partial charge in [0, 0.05) is 19.3 Å². The second-order valence-corrected chi connectivity index (χ2v) is 4.59. The smallest absolute Gasteiger partial charge is 0.0587 e. The van der Waals surface area contributed by atoms with E-state index in [-0.39, 0.29) is 6.61 Å². The largest absolute Gasteiger partial charge is 0.395 e. The van der Waals surface area contributed by atoms with Gasteiger partial charge in [-0.1, -0.05) is 0 Å². The zero-order chi connectivity index (χ0) is 9.80. The van der Waals surface area contributed by atoms with Gasteiger partial charge in [0.15, 0.2) is 0 Å². The SMILES string of the molecule is OCC(NCC1CC1)C1CCOCC1. The van der Waals surface area contributed by atoms with Gasteiger partial charge < -0.3 is 15.2 Å². The third kappa shape index (κ3) is 2.94. The number of aliphatic hydroxyl groups excluding tert-OH is 1. The van der Waals surface area contributed by atoms with Gasteiger partial charge in [-0.25, -0.2) is 0 Å². The van der Waals surface area contributed by atoms with Crippen LogP contribution in [0.1, 0.15) is 25.7 Å². The number of ether oxygens (including phenoxy) is 1. The van der Waals surface area contributed by atoms with Crippen molar-refractivity contribution in [3.63, 3.8) is 0 Å². The first-order valence-electron chi connectivity index (χ1n) is 5.82. The predicted molar refractivity (Wildman–Crippen MR) is 55.1 cm³/mol. The third-order valence-electron chi connectivity index (χ3n) is 3.40. The van der Waals surface area contributed by atoms with Gasteiger partial charge in [0.25, 0.3) is 0 Å². The van der Waals surface area contributed by atoms with E-state index in [0.717, 1.165) is 38.5 Å². The van der Waals surface area contributed by atoms with Crippen LogP contribution in [0.5, 0.6) is 0 Å². The molecule has 1 aliphatic heterocycles. The molecule has 0 aromatic heterocycles. The maximum Gasteiger partial charge on any atom is 0.0587 e. The summed E-state index contributed by atoms with van der Waals surface area (Å²) in [5, 5.41) is 12.8. The summed E-state index contributed by atoms with van der Waals surface area (Å²) in [6.45, 7) is 3.11. The predicted octanol–water partition coefficient (Wildman–Crippen LogP) is 0.773. The van der Waals surface area contributed by atoms with Crippen LogP contribution in [0, 0.1) is 11.8 Å². The summed E-state index contributed by atoms with van der Waals surface area (Å²) < 4.78 is 5.32. The topological polar surface area (TPSA) is 41.5 Å². The molecule has 0 amide bonds. The molecule has 2 rings (SSSR count). The van der Waals surface area contributed by atoms with Gasteiger partial charge in [0.1, 0.15) is 0 Å². The highest BCUT2D eigenvalue weighted by Gasteiger charge is 2.26. The van der Waals surface area contributed by atoms with Crippen LogP contribution in [0.3, 0.4) is 0 Å². The average Bonchev–Trinajstić information content (AvgIpc) is 3.04. The quantitative estimate of drug-likeness (QED) is 0.687. The van der Waals surface area contributed by atoms with E-state index in [0.29, 0.717) is 12.0 Å². The summed E-state index contributed by atoms with van der Waals surface area (Å²) in [7, 11) is 0. The van der Waals surface area contributed by atoms with E-state index < -0.39 is 0 Å². The molecule has 1 unspecified atom stereocenters. The molecule has 1 saturated heterocycles. The van der Waals surface area contributed by atoms with Crippen LogP contribution in [0.25, 0.3) is 0 Å². The van der Waals surface area contributed by atoms with Gasteiger partial charge in [0.2, 0.25) is 0 Å². The molecule has 0 bridgehead atoms. The van der Waals surface area contributed by atoms with E-state index in [1.165, 1.54) is 12.8 Å². The summed E-state index contributed by atoms with van der Waals surface area (Å²) in [5.74, 6) is 1.51. The van der Waals surface area contributed by atoms with Crippen LogP contribution in [-0.4, -0.2) is 37.5 Å². The van der Waals surface area contributed by atoms with E-state index in [4.69, 9.17) is 4.74 Å². The lowest BCUT2D eigenvalue weighted by molar-refractivity contribution is 0.0436. The molecule has 2 fully saturated rings. The van der Waals surface area contributed by atoms with E-state index in [2.05, 4.69) is 5.32 Å². The van der Waals surface area contributed by atoms with Crippen LogP contribution in [0.4, 0.5) is 0 Å². The Hall–Kier alpha value is -0.120. The first-order chi connectivity index (χ1) is 6.90. The van der Waals surface area contributed by atoms with Crippen LogP contribution in [-0.2, 0) is 4.74 Å². The Balaban J connectivity index is 1.71. The van der Waals surface area contributed by atoms with Crippen LogP contribution in [0.15, 0.2) is 0 Å². The van der Waals surface area contributed by atoms with Crippen molar-refractivity contribution < 1.29 is 9.84 Å². The number of rotatable bonds is 5. The van der Waals surface area contributed by atoms with E-state index in [1.54, 1.807) is 0 Å². The van der Waals surface area contributed by atoms with E-state index in [9.17, 15) is 5.11 Å². The second kappa shape index (κ2) is 5.10. The fourth-order valence-electron chi connectivity index (χ4n) is 2.14. The fourth-order valence-corrected chi connectivity index (χ4v) is 2.14. The first-order valence-corrected chi connectivity index (χ1v) is 5.82. The highest BCUT2D eigenvalue weighted by molar-refractivity contribution is 4.82. The average molecular weight is 199 g/mol. The Bertz CT molecular complexity index is 165. The van der Waals surface area contributed by atoms with Gasteiger partial charge in [0.05, 0.1) is 6.61 Å². The molecular formula is C11H21NO2. The molecule has 2 N–H and O–H groups in total. The fraction of sp³-hybridized carbons (Fsp3) is 1.00. The van der Waals surface area contributed by atoms with Crippen molar-refractivity contribution in [1.82, 2.24) is 5.32 Å². The van der Waals surface area contributed by atoms with Crippen molar-refractivity contribution in [1.29, 1.82) is 0 Å². The van der Waals surface area contributed by atoms with Gasteiger partial charge in [-0.15, -0.1) is 0 Å². The third-order valence-corrected chi connectivity index (χ3v) is 3.40.